The summed E-state index contributed by atoms with van der Waals surface area (Å²) in [5.41, 5.74) is 1.40. The molecular weight excluding hydrogens is 252 g/mol. The Balaban J connectivity index is 1.89. The van der Waals surface area contributed by atoms with E-state index in [1.165, 1.54) is 15.4 Å². The second-order valence-electron chi connectivity index (χ2n) is 3.49. The van der Waals surface area contributed by atoms with E-state index in [4.69, 9.17) is 0 Å². The summed E-state index contributed by atoms with van der Waals surface area (Å²) in [7, 11) is 3.83. The van der Waals surface area contributed by atoms with Gasteiger partial charge >= 0.3 is 0 Å². The minimum absolute atomic E-state index is 0.515. The molecule has 0 saturated carbocycles. The number of benzene rings is 2. The molecule has 2 aromatic carbocycles. The molecule has 0 fully saturated rings. The Labute approximate surface area is 108 Å². The van der Waals surface area contributed by atoms with Crippen molar-refractivity contribution in [2.75, 3.05) is 0 Å². The fraction of sp³-hybridized carbons (Fsp3) is 0.0769. The van der Waals surface area contributed by atoms with Gasteiger partial charge in [0.05, 0.1) is 4.58 Å². The van der Waals surface area contributed by atoms with Crippen LogP contribution in [0.1, 0.15) is 10.1 Å². The lowest BCUT2D eigenvalue weighted by Gasteiger charge is -2.22. The van der Waals surface area contributed by atoms with Gasteiger partial charge in [0, 0.05) is 9.79 Å². The van der Waals surface area contributed by atoms with E-state index in [1.807, 2.05) is 33.3 Å². The van der Waals surface area contributed by atoms with Crippen molar-refractivity contribution in [2.45, 2.75) is 14.4 Å². The van der Waals surface area contributed by atoms with Crippen LogP contribution in [0.4, 0.5) is 0 Å². The fourth-order valence-electron chi connectivity index (χ4n) is 1.58. The third kappa shape index (κ3) is 2.12. The fourth-order valence-corrected chi connectivity index (χ4v) is 6.13. The summed E-state index contributed by atoms with van der Waals surface area (Å²) in [6, 6.07) is 19.3. The zero-order chi connectivity index (χ0) is 10.8. The van der Waals surface area contributed by atoms with E-state index in [9.17, 15) is 0 Å². The van der Waals surface area contributed by atoms with E-state index in [2.05, 4.69) is 54.6 Å². The quantitative estimate of drug-likeness (QED) is 0.646. The second kappa shape index (κ2) is 4.78. The van der Waals surface area contributed by atoms with Crippen LogP contribution in [-0.2, 0) is 0 Å². The normalized spacial score (nSPS) is 19.1. The minimum atomic E-state index is 0.515. The molecule has 0 radical (unpaired) electrons. The van der Waals surface area contributed by atoms with Crippen molar-refractivity contribution in [3.05, 3.63) is 60.2 Å². The number of rotatable bonds is 1. The molecule has 2 aromatic rings. The van der Waals surface area contributed by atoms with E-state index in [-0.39, 0.29) is 0 Å². The van der Waals surface area contributed by atoms with E-state index in [0.29, 0.717) is 4.58 Å². The standard InChI is InChI=1S/C13H10S3/c1-2-6-10(7-3-1)13-14-11-8-4-5-9-12(11)15-16-13/h1-9,13H. The zero-order valence-corrected chi connectivity index (χ0v) is 10.9. The molecule has 0 aromatic heterocycles. The minimum Gasteiger partial charge on any atom is -0.105 e. The lowest BCUT2D eigenvalue weighted by Crippen LogP contribution is -1.92. The summed E-state index contributed by atoms with van der Waals surface area (Å²) < 4.78 is 0.515. The maximum absolute atomic E-state index is 2.21. The van der Waals surface area contributed by atoms with Crippen molar-refractivity contribution in [3.8, 4) is 0 Å². The molecule has 0 saturated heterocycles. The molecule has 1 aliphatic heterocycles. The first-order chi connectivity index (χ1) is 7.93. The van der Waals surface area contributed by atoms with Gasteiger partial charge in [0.1, 0.15) is 0 Å². The van der Waals surface area contributed by atoms with E-state index >= 15 is 0 Å². The summed E-state index contributed by atoms with van der Waals surface area (Å²) >= 11 is 1.95. The first-order valence-corrected chi connectivity index (χ1v) is 8.17. The summed E-state index contributed by atoms with van der Waals surface area (Å²) in [4.78, 5) is 2.80. The molecule has 0 aliphatic carbocycles. The van der Waals surface area contributed by atoms with Crippen LogP contribution in [0.3, 0.4) is 0 Å². The van der Waals surface area contributed by atoms with Crippen LogP contribution in [0.15, 0.2) is 64.4 Å². The smallest absolute Gasteiger partial charge is 0.0905 e. The first kappa shape index (κ1) is 10.6. The van der Waals surface area contributed by atoms with Crippen LogP contribution in [0.25, 0.3) is 0 Å². The van der Waals surface area contributed by atoms with Crippen LogP contribution in [-0.4, -0.2) is 0 Å². The van der Waals surface area contributed by atoms with Crippen molar-refractivity contribution in [2.24, 2.45) is 0 Å². The molecule has 1 aliphatic rings. The van der Waals surface area contributed by atoms with Crippen LogP contribution >= 0.6 is 33.3 Å². The predicted molar refractivity (Wildman–Crippen MR) is 74.9 cm³/mol. The molecule has 1 heterocycles. The topological polar surface area (TPSA) is 0 Å². The van der Waals surface area contributed by atoms with E-state index in [1.54, 1.807) is 0 Å². The Morgan fingerprint density at radius 1 is 0.750 bits per heavy atom. The Morgan fingerprint density at radius 3 is 2.25 bits per heavy atom. The maximum Gasteiger partial charge on any atom is 0.0905 e. The molecule has 3 rings (SSSR count). The Morgan fingerprint density at radius 2 is 1.44 bits per heavy atom. The molecule has 0 amide bonds. The highest BCUT2D eigenvalue weighted by Gasteiger charge is 2.21. The van der Waals surface area contributed by atoms with E-state index in [0.717, 1.165) is 0 Å². The van der Waals surface area contributed by atoms with Crippen LogP contribution in [0, 0.1) is 0 Å². The molecule has 80 valence electrons. The van der Waals surface area contributed by atoms with Crippen molar-refractivity contribution in [1.82, 2.24) is 0 Å². The monoisotopic (exact) mass is 262 g/mol. The zero-order valence-electron chi connectivity index (χ0n) is 8.50. The second-order valence-corrected chi connectivity index (χ2v) is 7.28. The summed E-state index contributed by atoms with van der Waals surface area (Å²) in [5, 5.41) is 0. The van der Waals surface area contributed by atoms with Crippen LogP contribution in [0.5, 0.6) is 0 Å². The molecule has 1 atom stereocenters. The number of hydrogen-bond acceptors (Lipinski definition) is 3. The van der Waals surface area contributed by atoms with Crippen LogP contribution in [0.2, 0.25) is 0 Å². The van der Waals surface area contributed by atoms with Gasteiger partial charge in [-0.15, -0.1) is 11.8 Å². The van der Waals surface area contributed by atoms with Gasteiger partial charge in [-0.3, -0.25) is 0 Å². The van der Waals surface area contributed by atoms with Gasteiger partial charge in [0.25, 0.3) is 0 Å². The van der Waals surface area contributed by atoms with Gasteiger partial charge in [-0.05, 0) is 17.7 Å². The molecule has 1 unspecified atom stereocenters. The molecule has 16 heavy (non-hydrogen) atoms. The Hall–Kier alpha value is -0.510. The van der Waals surface area contributed by atoms with Gasteiger partial charge in [-0.25, -0.2) is 0 Å². The van der Waals surface area contributed by atoms with Crippen molar-refractivity contribution < 1.29 is 0 Å². The summed E-state index contributed by atoms with van der Waals surface area (Å²) in [5.74, 6) is 0. The van der Waals surface area contributed by atoms with Gasteiger partial charge in [-0.1, -0.05) is 64.1 Å². The van der Waals surface area contributed by atoms with Gasteiger partial charge in [0.2, 0.25) is 0 Å². The highest BCUT2D eigenvalue weighted by atomic mass is 33.1. The maximum atomic E-state index is 2.21. The average molecular weight is 262 g/mol. The summed E-state index contributed by atoms with van der Waals surface area (Å²) in [6.07, 6.45) is 0. The molecular formula is C13H10S3. The van der Waals surface area contributed by atoms with Gasteiger partial charge in [0.15, 0.2) is 0 Å². The SMILES string of the molecule is c1ccc(C2SSc3ccccc3S2)cc1. The first-order valence-electron chi connectivity index (χ1n) is 5.07. The average Bonchev–Trinajstić information content (AvgIpc) is 2.39. The van der Waals surface area contributed by atoms with Crippen molar-refractivity contribution in [1.29, 1.82) is 0 Å². The molecule has 3 heteroatoms. The lowest BCUT2D eigenvalue weighted by molar-refractivity contribution is 1.23. The third-order valence-corrected chi connectivity index (χ3v) is 7.03. The van der Waals surface area contributed by atoms with Gasteiger partial charge in [-0.2, -0.15) is 0 Å². The third-order valence-electron chi connectivity index (χ3n) is 2.38. The van der Waals surface area contributed by atoms with Crippen molar-refractivity contribution >= 4 is 33.3 Å². The van der Waals surface area contributed by atoms with E-state index < -0.39 is 0 Å². The number of fused-ring (bicyclic) bond motifs is 1. The Bertz CT molecular complexity index is 482. The summed E-state index contributed by atoms with van der Waals surface area (Å²) in [6.45, 7) is 0. The highest BCUT2D eigenvalue weighted by Crippen LogP contribution is 2.58. The molecule has 0 bridgehead atoms. The van der Waals surface area contributed by atoms with Crippen molar-refractivity contribution in [3.63, 3.8) is 0 Å². The molecule has 0 N–H and O–H groups in total. The van der Waals surface area contributed by atoms with Gasteiger partial charge < -0.3 is 0 Å². The lowest BCUT2D eigenvalue weighted by atomic mass is 10.2. The predicted octanol–water partition coefficient (Wildman–Crippen LogP) is 5.23. The Kier molecular flexibility index (Phi) is 3.18. The highest BCUT2D eigenvalue weighted by molar-refractivity contribution is 8.78. The molecule has 0 spiro atoms. The molecule has 0 nitrogen and oxygen atoms in total. The number of thioether (sulfide) groups is 1. The van der Waals surface area contributed by atoms with Crippen LogP contribution < -0.4 is 0 Å². The largest absolute Gasteiger partial charge is 0.105 e. The number of hydrogen-bond donors (Lipinski definition) is 0.